The third-order valence-electron chi connectivity index (χ3n) is 3.19. The molecule has 4 heteroatoms. The van der Waals surface area contributed by atoms with E-state index in [0.29, 0.717) is 19.3 Å². The highest BCUT2D eigenvalue weighted by Crippen LogP contribution is 2.29. The molecule has 0 saturated carbocycles. The van der Waals surface area contributed by atoms with E-state index in [4.69, 9.17) is 15.6 Å². The summed E-state index contributed by atoms with van der Waals surface area (Å²) in [5.41, 5.74) is 6.90. The monoisotopic (exact) mass is 221 g/mol. The second-order valence-electron chi connectivity index (χ2n) is 4.27. The minimum Gasteiger partial charge on any atom is -0.497 e. The van der Waals surface area contributed by atoms with Gasteiger partial charge in [0.15, 0.2) is 0 Å². The van der Waals surface area contributed by atoms with Crippen LogP contribution in [0.25, 0.3) is 0 Å². The van der Waals surface area contributed by atoms with Crippen LogP contribution in [0.2, 0.25) is 0 Å². The topological polar surface area (TPSA) is 72.5 Å². The number of fused-ring (bicyclic) bond motifs is 1. The van der Waals surface area contributed by atoms with E-state index in [1.54, 1.807) is 7.11 Å². The molecule has 4 nitrogen and oxygen atoms in total. The van der Waals surface area contributed by atoms with Gasteiger partial charge in [0, 0.05) is 6.42 Å². The summed E-state index contributed by atoms with van der Waals surface area (Å²) >= 11 is 0. The molecule has 0 saturated heterocycles. The van der Waals surface area contributed by atoms with Crippen molar-refractivity contribution in [3.8, 4) is 5.75 Å². The largest absolute Gasteiger partial charge is 0.497 e. The van der Waals surface area contributed by atoms with Crippen LogP contribution in [0.5, 0.6) is 5.75 Å². The van der Waals surface area contributed by atoms with Crippen LogP contribution >= 0.6 is 0 Å². The molecule has 0 heterocycles. The van der Waals surface area contributed by atoms with Gasteiger partial charge in [0.05, 0.1) is 7.11 Å². The van der Waals surface area contributed by atoms with Gasteiger partial charge in [0.2, 0.25) is 0 Å². The van der Waals surface area contributed by atoms with Crippen LogP contribution in [-0.2, 0) is 17.6 Å². The van der Waals surface area contributed by atoms with E-state index < -0.39 is 11.5 Å². The van der Waals surface area contributed by atoms with Crippen molar-refractivity contribution in [2.45, 2.75) is 24.8 Å². The fourth-order valence-electron chi connectivity index (χ4n) is 2.10. The molecule has 3 N–H and O–H groups in total. The first kappa shape index (κ1) is 11.0. The number of aliphatic carboxylic acids is 1. The molecule has 0 bridgehead atoms. The summed E-state index contributed by atoms with van der Waals surface area (Å²) < 4.78 is 5.13. The fourth-order valence-corrected chi connectivity index (χ4v) is 2.10. The Bertz CT molecular complexity index is 430. The van der Waals surface area contributed by atoms with Gasteiger partial charge in [0.1, 0.15) is 11.3 Å². The average Bonchev–Trinajstić information content (AvgIpc) is 2.28. The fraction of sp³-hybridized carbons (Fsp3) is 0.417. The lowest BCUT2D eigenvalue weighted by Crippen LogP contribution is -2.52. The molecule has 2 rings (SSSR count). The second kappa shape index (κ2) is 3.79. The number of ether oxygens (including phenoxy) is 1. The molecule has 1 aliphatic rings. The van der Waals surface area contributed by atoms with Crippen LogP contribution < -0.4 is 10.5 Å². The van der Waals surface area contributed by atoms with Crippen molar-refractivity contribution in [2.75, 3.05) is 7.11 Å². The van der Waals surface area contributed by atoms with Gasteiger partial charge in [-0.2, -0.15) is 0 Å². The Morgan fingerprint density at radius 3 is 2.88 bits per heavy atom. The van der Waals surface area contributed by atoms with E-state index in [0.717, 1.165) is 16.9 Å². The highest BCUT2D eigenvalue weighted by Gasteiger charge is 2.37. The van der Waals surface area contributed by atoms with E-state index in [2.05, 4.69) is 0 Å². The Balaban J connectivity index is 2.32. The van der Waals surface area contributed by atoms with Gasteiger partial charge in [-0.15, -0.1) is 0 Å². The van der Waals surface area contributed by atoms with Gasteiger partial charge in [-0.1, -0.05) is 6.07 Å². The van der Waals surface area contributed by atoms with E-state index in [-0.39, 0.29) is 0 Å². The molecule has 0 spiro atoms. The van der Waals surface area contributed by atoms with E-state index >= 15 is 0 Å². The molecule has 0 radical (unpaired) electrons. The van der Waals surface area contributed by atoms with Crippen molar-refractivity contribution in [1.29, 1.82) is 0 Å². The summed E-state index contributed by atoms with van der Waals surface area (Å²) in [6, 6.07) is 5.70. The molecule has 1 aromatic carbocycles. The number of aryl methyl sites for hydroxylation is 1. The van der Waals surface area contributed by atoms with Crippen molar-refractivity contribution < 1.29 is 14.6 Å². The third kappa shape index (κ3) is 1.76. The Morgan fingerprint density at radius 2 is 2.25 bits per heavy atom. The molecular formula is C12H15NO3. The molecule has 1 atom stereocenters. The lowest BCUT2D eigenvalue weighted by molar-refractivity contribution is -0.143. The van der Waals surface area contributed by atoms with Crippen LogP contribution in [0.3, 0.4) is 0 Å². The van der Waals surface area contributed by atoms with Crippen LogP contribution in [-0.4, -0.2) is 23.7 Å². The number of rotatable bonds is 2. The van der Waals surface area contributed by atoms with E-state index in [9.17, 15) is 4.79 Å². The molecule has 16 heavy (non-hydrogen) atoms. The lowest BCUT2D eigenvalue weighted by Gasteiger charge is -2.30. The molecule has 0 amide bonds. The standard InChI is InChI=1S/C12H15NO3/c1-16-10-3-2-9-7-12(13,11(14)15)5-4-8(9)6-10/h2-3,6H,4-5,7,13H2,1H3,(H,14,15)/t12-/m0/s1. The van der Waals surface area contributed by atoms with Crippen LogP contribution in [0.15, 0.2) is 18.2 Å². The number of carbonyl (C=O) groups is 1. The molecule has 1 aromatic rings. The Labute approximate surface area is 94.0 Å². The number of benzene rings is 1. The zero-order valence-electron chi connectivity index (χ0n) is 9.19. The first-order valence-electron chi connectivity index (χ1n) is 5.23. The summed E-state index contributed by atoms with van der Waals surface area (Å²) in [6.07, 6.45) is 1.56. The van der Waals surface area contributed by atoms with Crippen molar-refractivity contribution in [1.82, 2.24) is 0 Å². The summed E-state index contributed by atoms with van der Waals surface area (Å²) in [6.45, 7) is 0. The number of methoxy groups -OCH3 is 1. The maximum absolute atomic E-state index is 11.1. The van der Waals surface area contributed by atoms with Gasteiger partial charge >= 0.3 is 5.97 Å². The zero-order chi connectivity index (χ0) is 11.8. The van der Waals surface area contributed by atoms with Gasteiger partial charge in [-0.25, -0.2) is 0 Å². The van der Waals surface area contributed by atoms with E-state index in [1.807, 2.05) is 18.2 Å². The number of carboxylic acid groups (broad SMARTS) is 1. The van der Waals surface area contributed by atoms with E-state index in [1.165, 1.54) is 0 Å². The average molecular weight is 221 g/mol. The Hall–Kier alpha value is -1.55. The predicted octanol–water partition coefficient (Wildman–Crippen LogP) is 0.966. The van der Waals surface area contributed by atoms with Gasteiger partial charge < -0.3 is 15.6 Å². The summed E-state index contributed by atoms with van der Waals surface area (Å²) in [5, 5.41) is 9.07. The SMILES string of the molecule is COc1ccc2c(c1)CC[C@@](N)(C(=O)O)C2. The van der Waals surface area contributed by atoms with Crippen LogP contribution in [0, 0.1) is 0 Å². The molecule has 0 aliphatic heterocycles. The maximum atomic E-state index is 11.1. The number of carboxylic acids is 1. The normalized spacial score (nSPS) is 23.6. The van der Waals surface area contributed by atoms with Crippen molar-refractivity contribution >= 4 is 5.97 Å². The minimum absolute atomic E-state index is 0.391. The summed E-state index contributed by atoms with van der Waals surface area (Å²) in [7, 11) is 1.62. The van der Waals surface area contributed by atoms with Crippen LogP contribution in [0.4, 0.5) is 0 Å². The summed E-state index contributed by atoms with van der Waals surface area (Å²) in [5.74, 6) is -0.118. The van der Waals surface area contributed by atoms with Gasteiger partial charge in [-0.05, 0) is 36.1 Å². The zero-order valence-corrected chi connectivity index (χ0v) is 9.19. The van der Waals surface area contributed by atoms with Crippen molar-refractivity contribution in [3.05, 3.63) is 29.3 Å². The third-order valence-corrected chi connectivity index (χ3v) is 3.19. The number of hydrogen-bond acceptors (Lipinski definition) is 3. The number of nitrogens with two attached hydrogens (primary N) is 1. The lowest BCUT2D eigenvalue weighted by atomic mass is 9.78. The summed E-state index contributed by atoms with van der Waals surface area (Å²) in [4.78, 5) is 11.1. The van der Waals surface area contributed by atoms with Gasteiger partial charge in [-0.3, -0.25) is 4.79 Å². The highest BCUT2D eigenvalue weighted by atomic mass is 16.5. The predicted molar refractivity (Wildman–Crippen MR) is 59.6 cm³/mol. The molecule has 0 fully saturated rings. The Kier molecular flexibility index (Phi) is 2.59. The smallest absolute Gasteiger partial charge is 0.324 e. The quantitative estimate of drug-likeness (QED) is 0.780. The van der Waals surface area contributed by atoms with Crippen molar-refractivity contribution in [3.63, 3.8) is 0 Å². The van der Waals surface area contributed by atoms with Crippen molar-refractivity contribution in [2.24, 2.45) is 5.73 Å². The minimum atomic E-state index is -1.11. The maximum Gasteiger partial charge on any atom is 0.324 e. The second-order valence-corrected chi connectivity index (χ2v) is 4.27. The molecule has 86 valence electrons. The molecule has 0 unspecified atom stereocenters. The number of hydrogen-bond donors (Lipinski definition) is 2. The first-order chi connectivity index (χ1) is 7.55. The van der Waals surface area contributed by atoms with Gasteiger partial charge in [0.25, 0.3) is 0 Å². The first-order valence-corrected chi connectivity index (χ1v) is 5.23. The molecule has 0 aromatic heterocycles. The van der Waals surface area contributed by atoms with Crippen LogP contribution in [0.1, 0.15) is 17.5 Å². The Morgan fingerprint density at radius 1 is 1.50 bits per heavy atom. The molecule has 1 aliphatic carbocycles. The highest BCUT2D eigenvalue weighted by molar-refractivity contribution is 5.79. The molecular weight excluding hydrogens is 206 g/mol.